The summed E-state index contributed by atoms with van der Waals surface area (Å²) in [6.07, 6.45) is 4.45. The number of nitrogens with zero attached hydrogens (tertiary/aromatic N) is 3. The van der Waals surface area contributed by atoms with Gasteiger partial charge >= 0.3 is 0 Å². The van der Waals surface area contributed by atoms with Gasteiger partial charge in [-0.25, -0.2) is 0 Å². The summed E-state index contributed by atoms with van der Waals surface area (Å²) < 4.78 is 0. The van der Waals surface area contributed by atoms with Crippen molar-refractivity contribution in [1.29, 1.82) is 0 Å². The van der Waals surface area contributed by atoms with Gasteiger partial charge in [0.1, 0.15) is 0 Å². The van der Waals surface area contributed by atoms with Gasteiger partial charge in [0.25, 0.3) is 0 Å². The minimum atomic E-state index is 0.181. The highest BCUT2D eigenvalue weighted by atomic mass is 16.3. The molecule has 112 valence electrons. The molecule has 5 heteroatoms. The van der Waals surface area contributed by atoms with E-state index in [9.17, 15) is 0 Å². The molecule has 0 saturated heterocycles. The van der Waals surface area contributed by atoms with Crippen LogP contribution in [-0.4, -0.2) is 30.0 Å². The zero-order valence-electron chi connectivity index (χ0n) is 12.2. The molecule has 0 aromatic heterocycles. The van der Waals surface area contributed by atoms with Crippen LogP contribution in [0.2, 0.25) is 0 Å². The summed E-state index contributed by atoms with van der Waals surface area (Å²) in [4.78, 5) is 2.55. The summed E-state index contributed by atoms with van der Waals surface area (Å²) >= 11 is 0. The Kier molecular flexibility index (Phi) is 12.8. The lowest BCUT2D eigenvalue weighted by atomic mass is 10.1. The molecule has 0 amide bonds. The fourth-order valence-electron chi connectivity index (χ4n) is 1.63. The smallest absolute Gasteiger partial charge is 0.0434 e. The van der Waals surface area contributed by atoms with Crippen LogP contribution >= 0.6 is 0 Å². The average molecular weight is 279 g/mol. The minimum absolute atomic E-state index is 0.181. The molecular weight excluding hydrogens is 254 g/mol. The van der Waals surface area contributed by atoms with Crippen molar-refractivity contribution in [2.24, 2.45) is 5.11 Å². The lowest BCUT2D eigenvalue weighted by Gasteiger charge is -2.01. The van der Waals surface area contributed by atoms with Gasteiger partial charge in [-0.15, -0.1) is 0 Å². The molecule has 1 rings (SSSR count). The fraction of sp³-hybridized carbons (Fsp3) is 0.600. The molecule has 0 radical (unpaired) electrons. The third-order valence-corrected chi connectivity index (χ3v) is 2.75. The summed E-state index contributed by atoms with van der Waals surface area (Å²) in [7, 11) is 0. The molecule has 0 fully saturated rings. The van der Waals surface area contributed by atoms with Crippen LogP contribution in [0.3, 0.4) is 0 Å². The van der Waals surface area contributed by atoms with Crippen LogP contribution in [0.15, 0.2) is 29.4 Å². The lowest BCUT2D eigenvalue weighted by Crippen LogP contribution is -1.90. The second-order valence-electron chi connectivity index (χ2n) is 4.39. The van der Waals surface area contributed by atoms with Gasteiger partial charge in [0, 0.05) is 24.7 Å². The van der Waals surface area contributed by atoms with Crippen LogP contribution in [0.5, 0.6) is 0 Å². The normalized spacial score (nSPS) is 9.35. The van der Waals surface area contributed by atoms with Crippen LogP contribution in [0.1, 0.15) is 37.3 Å². The Balaban J connectivity index is 0.000000396. The van der Waals surface area contributed by atoms with E-state index in [1.807, 2.05) is 0 Å². The van der Waals surface area contributed by atoms with Gasteiger partial charge in [-0.3, -0.25) is 0 Å². The maximum atomic E-state index is 8.65. The summed E-state index contributed by atoms with van der Waals surface area (Å²) in [5, 5.41) is 20.2. The van der Waals surface area contributed by atoms with Crippen molar-refractivity contribution in [3.05, 3.63) is 45.8 Å². The molecule has 0 atom stereocenters. The van der Waals surface area contributed by atoms with E-state index < -0.39 is 0 Å². The Hall–Kier alpha value is -1.55. The molecule has 0 unspecified atom stereocenters. The van der Waals surface area contributed by atoms with Gasteiger partial charge < -0.3 is 10.2 Å². The summed E-state index contributed by atoms with van der Waals surface area (Å²) in [5.41, 5.74) is 10.5. The topological polar surface area (TPSA) is 89.2 Å². The maximum absolute atomic E-state index is 8.65. The first-order valence-electron chi connectivity index (χ1n) is 7.08. The van der Waals surface area contributed by atoms with Gasteiger partial charge in [-0.05, 0) is 48.8 Å². The van der Waals surface area contributed by atoms with Crippen molar-refractivity contribution in [3.8, 4) is 0 Å². The highest BCUT2D eigenvalue weighted by Gasteiger charge is 1.93. The van der Waals surface area contributed by atoms with Gasteiger partial charge in [0.05, 0.1) is 0 Å². The van der Waals surface area contributed by atoms with Crippen molar-refractivity contribution in [1.82, 2.24) is 0 Å². The van der Waals surface area contributed by atoms with Gasteiger partial charge in [0.2, 0.25) is 0 Å². The van der Waals surface area contributed by atoms with Crippen molar-refractivity contribution < 1.29 is 10.2 Å². The van der Waals surface area contributed by atoms with Crippen molar-refractivity contribution in [2.75, 3.05) is 19.8 Å². The molecule has 0 heterocycles. The lowest BCUT2D eigenvalue weighted by molar-refractivity contribution is 0.285. The van der Waals surface area contributed by atoms with E-state index in [2.05, 4.69) is 41.2 Å². The predicted molar refractivity (Wildman–Crippen MR) is 81.6 cm³/mol. The molecule has 1 aromatic carbocycles. The van der Waals surface area contributed by atoms with Crippen LogP contribution in [0.25, 0.3) is 10.4 Å². The number of aryl methyl sites for hydroxylation is 2. The molecule has 0 aliphatic heterocycles. The number of azide groups is 1. The molecule has 0 bridgehead atoms. The maximum Gasteiger partial charge on any atom is 0.0434 e. The summed E-state index contributed by atoms with van der Waals surface area (Å²) in [6.45, 7) is 3.12. The summed E-state index contributed by atoms with van der Waals surface area (Å²) in [5.74, 6) is 0. The van der Waals surface area contributed by atoms with E-state index in [1.54, 1.807) is 0 Å². The highest BCUT2D eigenvalue weighted by Crippen LogP contribution is 2.07. The Morgan fingerprint density at radius 1 is 1.10 bits per heavy atom. The third kappa shape index (κ3) is 10.4. The second-order valence-corrected chi connectivity index (χ2v) is 4.39. The highest BCUT2D eigenvalue weighted by molar-refractivity contribution is 5.23. The third-order valence-electron chi connectivity index (χ3n) is 2.75. The minimum Gasteiger partial charge on any atom is -0.396 e. The number of benzene rings is 1. The Bertz CT molecular complexity index is 390. The fourth-order valence-corrected chi connectivity index (χ4v) is 1.63. The van der Waals surface area contributed by atoms with Crippen LogP contribution in [0, 0.1) is 0 Å². The van der Waals surface area contributed by atoms with Crippen molar-refractivity contribution in [3.63, 3.8) is 0 Å². The number of aliphatic hydroxyl groups is 2. The van der Waals surface area contributed by atoms with Crippen LogP contribution < -0.4 is 0 Å². The van der Waals surface area contributed by atoms with Crippen LogP contribution in [-0.2, 0) is 12.8 Å². The first-order chi connectivity index (χ1) is 9.78. The monoisotopic (exact) mass is 279 g/mol. The van der Waals surface area contributed by atoms with Crippen LogP contribution in [0.4, 0.5) is 0 Å². The quantitative estimate of drug-likeness (QED) is 0.331. The van der Waals surface area contributed by atoms with Crippen molar-refractivity contribution in [2.45, 2.75) is 39.0 Å². The van der Waals surface area contributed by atoms with Gasteiger partial charge in [0.15, 0.2) is 0 Å². The van der Waals surface area contributed by atoms with Crippen molar-refractivity contribution >= 4 is 0 Å². The van der Waals surface area contributed by atoms with E-state index in [1.165, 1.54) is 11.1 Å². The van der Waals surface area contributed by atoms with E-state index in [-0.39, 0.29) is 13.2 Å². The Morgan fingerprint density at radius 2 is 1.80 bits per heavy atom. The zero-order chi connectivity index (χ0) is 15.1. The number of unbranched alkanes of at least 4 members (excludes halogenated alkanes) is 1. The average Bonchev–Trinajstić information content (AvgIpc) is 2.50. The molecule has 0 aliphatic carbocycles. The molecule has 5 nitrogen and oxygen atoms in total. The molecule has 0 spiro atoms. The second kappa shape index (κ2) is 13.9. The Morgan fingerprint density at radius 3 is 2.40 bits per heavy atom. The molecule has 0 saturated carbocycles. The van der Waals surface area contributed by atoms with E-state index in [0.29, 0.717) is 6.54 Å². The van der Waals surface area contributed by atoms with E-state index in [4.69, 9.17) is 15.7 Å². The molecular formula is C15H25N3O2. The largest absolute Gasteiger partial charge is 0.396 e. The molecule has 2 N–H and O–H groups in total. The molecule has 20 heavy (non-hydrogen) atoms. The first-order valence-corrected chi connectivity index (χ1v) is 7.08. The Labute approximate surface area is 120 Å². The predicted octanol–water partition coefficient (Wildman–Crippen LogP) is 3.24. The summed E-state index contributed by atoms with van der Waals surface area (Å²) in [6, 6.07) is 8.57. The number of aliphatic hydroxyl groups excluding tert-OH is 2. The standard InChI is InChI=1S/C11H16O.C4H9N3O/c1-2-10-5-3-6-11(9-10)7-4-8-12;5-7-6-3-1-2-4-8/h3,5-6,9,12H,2,4,7-8H2,1H3;8H,1-4H2. The molecule has 0 aliphatic rings. The zero-order valence-corrected chi connectivity index (χ0v) is 12.2. The van der Waals surface area contributed by atoms with E-state index in [0.717, 1.165) is 32.1 Å². The van der Waals surface area contributed by atoms with Gasteiger partial charge in [-0.2, -0.15) is 0 Å². The van der Waals surface area contributed by atoms with E-state index >= 15 is 0 Å². The number of hydrogen-bond donors (Lipinski definition) is 2. The first kappa shape index (κ1) is 18.4. The SMILES string of the molecule is CCc1cccc(CCCO)c1.[N-]=[N+]=NCCCCO. The number of hydrogen-bond acceptors (Lipinski definition) is 3. The molecule has 1 aromatic rings. The van der Waals surface area contributed by atoms with Gasteiger partial charge in [-0.1, -0.05) is 36.3 Å². The number of rotatable bonds is 8.